The topological polar surface area (TPSA) is 92.2 Å². The van der Waals surface area contributed by atoms with Crippen LogP contribution in [0, 0.1) is 0 Å². The van der Waals surface area contributed by atoms with Crippen LogP contribution in [0.1, 0.15) is 52.0 Å². The van der Waals surface area contributed by atoms with Crippen LogP contribution in [0.4, 0.5) is 17.3 Å². The van der Waals surface area contributed by atoms with E-state index >= 15 is 0 Å². The van der Waals surface area contributed by atoms with E-state index in [0.717, 1.165) is 37.0 Å². The van der Waals surface area contributed by atoms with E-state index in [9.17, 15) is 9.59 Å². The first-order chi connectivity index (χ1) is 14.5. The summed E-state index contributed by atoms with van der Waals surface area (Å²) in [6, 6.07) is 7.55. The van der Waals surface area contributed by atoms with Gasteiger partial charge in [0, 0.05) is 37.4 Å². The second kappa shape index (κ2) is 9.07. The molecule has 4 rings (SSSR count). The number of rotatable bonds is 7. The van der Waals surface area contributed by atoms with E-state index < -0.39 is 0 Å². The van der Waals surface area contributed by atoms with Crippen LogP contribution in [-0.2, 0) is 9.59 Å². The number of nitrogens with one attached hydrogen (secondary N) is 2. The molecule has 2 fully saturated rings. The molecule has 2 heterocycles. The minimum Gasteiger partial charge on any atom is -0.341 e. The molecule has 0 spiro atoms. The average molecular weight is 429 g/mol. The van der Waals surface area contributed by atoms with Gasteiger partial charge in [-0.15, -0.1) is 10.2 Å². The molecule has 1 atom stereocenters. The zero-order valence-electron chi connectivity index (χ0n) is 17.4. The van der Waals surface area contributed by atoms with Crippen molar-refractivity contribution in [2.45, 2.75) is 62.4 Å². The maximum atomic E-state index is 12.7. The normalized spacial score (nSPS) is 17.5. The number of anilines is 3. The number of amides is 2. The SMILES string of the molecule is CC(=O)Nc1ccc(NC(=O)C(C)Sc2nnc(N3CCCCC3)n2C2CC2)cc1. The molecular formula is C21H28N6O2S. The van der Waals surface area contributed by atoms with Crippen LogP contribution in [0.5, 0.6) is 0 Å². The Balaban J connectivity index is 1.40. The summed E-state index contributed by atoms with van der Waals surface area (Å²) in [5, 5.41) is 15.1. The summed E-state index contributed by atoms with van der Waals surface area (Å²) in [5.41, 5.74) is 1.39. The van der Waals surface area contributed by atoms with Gasteiger partial charge in [-0.05, 0) is 63.3 Å². The first-order valence-electron chi connectivity index (χ1n) is 10.6. The molecule has 160 valence electrons. The standard InChI is InChI=1S/C21H28N6O2S/c1-14(19(29)23-17-8-6-16(7-9-17)22-15(2)28)30-21-25-24-20(27(21)18-10-11-18)26-12-4-3-5-13-26/h6-9,14,18H,3-5,10-13H2,1-2H3,(H,22,28)(H,23,29). The lowest BCUT2D eigenvalue weighted by Gasteiger charge is -2.28. The maximum Gasteiger partial charge on any atom is 0.237 e. The monoisotopic (exact) mass is 428 g/mol. The van der Waals surface area contributed by atoms with E-state index in [1.165, 1.54) is 37.9 Å². The van der Waals surface area contributed by atoms with Gasteiger partial charge in [-0.3, -0.25) is 14.2 Å². The number of piperidine rings is 1. The van der Waals surface area contributed by atoms with E-state index in [0.29, 0.717) is 17.4 Å². The lowest BCUT2D eigenvalue weighted by atomic mass is 10.1. The summed E-state index contributed by atoms with van der Waals surface area (Å²) in [6.07, 6.45) is 5.96. The molecule has 9 heteroatoms. The van der Waals surface area contributed by atoms with Crippen LogP contribution in [-0.4, -0.2) is 44.9 Å². The Kier molecular flexibility index (Phi) is 6.26. The second-order valence-electron chi connectivity index (χ2n) is 7.94. The highest BCUT2D eigenvalue weighted by atomic mass is 32.2. The third-order valence-corrected chi connectivity index (χ3v) is 6.38. The van der Waals surface area contributed by atoms with Gasteiger partial charge in [-0.1, -0.05) is 11.8 Å². The number of carbonyl (C=O) groups excluding carboxylic acids is 2. The summed E-state index contributed by atoms with van der Waals surface area (Å²) < 4.78 is 2.24. The molecule has 1 aromatic carbocycles. The number of carbonyl (C=O) groups is 2. The third kappa shape index (κ3) is 4.95. The molecule has 2 aliphatic rings. The highest BCUT2D eigenvalue weighted by molar-refractivity contribution is 8.00. The minimum absolute atomic E-state index is 0.0860. The van der Waals surface area contributed by atoms with Crippen LogP contribution >= 0.6 is 11.8 Å². The Hall–Kier alpha value is -2.55. The molecule has 1 aliphatic heterocycles. The molecule has 1 saturated heterocycles. The van der Waals surface area contributed by atoms with Crippen LogP contribution in [0.3, 0.4) is 0 Å². The third-order valence-electron chi connectivity index (χ3n) is 5.32. The first kappa shape index (κ1) is 20.7. The van der Waals surface area contributed by atoms with Gasteiger partial charge >= 0.3 is 0 Å². The molecule has 30 heavy (non-hydrogen) atoms. The number of thioether (sulfide) groups is 1. The average Bonchev–Trinajstić information content (AvgIpc) is 3.49. The van der Waals surface area contributed by atoms with Crippen molar-refractivity contribution in [2.24, 2.45) is 0 Å². The largest absolute Gasteiger partial charge is 0.341 e. The molecule has 2 N–H and O–H groups in total. The van der Waals surface area contributed by atoms with Gasteiger partial charge in [0.25, 0.3) is 0 Å². The maximum absolute atomic E-state index is 12.7. The Morgan fingerprint density at radius 1 is 1.03 bits per heavy atom. The minimum atomic E-state index is -0.309. The van der Waals surface area contributed by atoms with Crippen molar-refractivity contribution in [2.75, 3.05) is 28.6 Å². The number of nitrogens with zero attached hydrogens (tertiary/aromatic N) is 4. The zero-order chi connectivity index (χ0) is 21.1. The smallest absolute Gasteiger partial charge is 0.237 e. The Morgan fingerprint density at radius 3 is 2.27 bits per heavy atom. The van der Waals surface area contributed by atoms with Gasteiger partial charge in [0.2, 0.25) is 17.8 Å². The van der Waals surface area contributed by atoms with Crippen LogP contribution in [0.15, 0.2) is 29.4 Å². The van der Waals surface area contributed by atoms with Gasteiger partial charge in [0.05, 0.1) is 5.25 Å². The van der Waals surface area contributed by atoms with Gasteiger partial charge in [-0.2, -0.15) is 0 Å². The van der Waals surface area contributed by atoms with Crippen molar-refractivity contribution in [3.63, 3.8) is 0 Å². The summed E-state index contributed by atoms with van der Waals surface area (Å²) in [7, 11) is 0. The van der Waals surface area contributed by atoms with Crippen molar-refractivity contribution in [1.82, 2.24) is 14.8 Å². The Labute approximate surface area is 180 Å². The summed E-state index contributed by atoms with van der Waals surface area (Å²) in [6.45, 7) is 5.41. The van der Waals surface area contributed by atoms with E-state index in [-0.39, 0.29) is 17.1 Å². The van der Waals surface area contributed by atoms with Crippen molar-refractivity contribution in [3.8, 4) is 0 Å². The molecule has 1 unspecified atom stereocenters. The van der Waals surface area contributed by atoms with E-state index in [4.69, 9.17) is 0 Å². The zero-order valence-corrected chi connectivity index (χ0v) is 18.2. The van der Waals surface area contributed by atoms with Crippen molar-refractivity contribution in [1.29, 1.82) is 0 Å². The molecule has 8 nitrogen and oxygen atoms in total. The highest BCUT2D eigenvalue weighted by Crippen LogP contribution is 2.42. The lowest BCUT2D eigenvalue weighted by Crippen LogP contribution is -2.32. The molecule has 0 bridgehead atoms. The fourth-order valence-electron chi connectivity index (χ4n) is 3.61. The molecule has 2 amide bonds. The number of benzene rings is 1. The van der Waals surface area contributed by atoms with E-state index in [1.54, 1.807) is 24.3 Å². The number of hydrogen-bond donors (Lipinski definition) is 2. The summed E-state index contributed by atoms with van der Waals surface area (Å²) >= 11 is 1.46. The van der Waals surface area contributed by atoms with E-state index in [1.807, 2.05) is 6.92 Å². The second-order valence-corrected chi connectivity index (χ2v) is 9.25. The number of hydrogen-bond acceptors (Lipinski definition) is 6. The summed E-state index contributed by atoms with van der Waals surface area (Å²) in [5.74, 6) is 0.749. The van der Waals surface area contributed by atoms with Crippen LogP contribution in [0.25, 0.3) is 0 Å². The van der Waals surface area contributed by atoms with Gasteiger partial charge in [0.15, 0.2) is 5.16 Å². The Morgan fingerprint density at radius 2 is 1.67 bits per heavy atom. The van der Waals surface area contributed by atoms with Gasteiger partial charge in [0.1, 0.15) is 0 Å². The van der Waals surface area contributed by atoms with E-state index in [2.05, 4.69) is 30.3 Å². The predicted octanol–water partition coefficient (Wildman–Crippen LogP) is 3.68. The fraction of sp³-hybridized carbons (Fsp3) is 0.524. The molecular weight excluding hydrogens is 400 g/mol. The molecule has 1 aliphatic carbocycles. The lowest BCUT2D eigenvalue weighted by molar-refractivity contribution is -0.115. The molecule has 2 aromatic rings. The van der Waals surface area contributed by atoms with Crippen molar-refractivity contribution < 1.29 is 9.59 Å². The number of aromatic nitrogens is 3. The summed E-state index contributed by atoms with van der Waals surface area (Å²) in [4.78, 5) is 26.2. The van der Waals surface area contributed by atoms with Crippen LogP contribution in [0.2, 0.25) is 0 Å². The quantitative estimate of drug-likeness (QED) is 0.654. The Bertz CT molecular complexity index is 903. The molecule has 0 radical (unpaired) electrons. The molecule has 1 aromatic heterocycles. The molecule has 1 saturated carbocycles. The van der Waals surface area contributed by atoms with Crippen molar-refractivity contribution >= 4 is 40.9 Å². The van der Waals surface area contributed by atoms with Crippen molar-refractivity contribution in [3.05, 3.63) is 24.3 Å². The van der Waals surface area contributed by atoms with Crippen LogP contribution < -0.4 is 15.5 Å². The highest BCUT2D eigenvalue weighted by Gasteiger charge is 2.33. The predicted molar refractivity (Wildman–Crippen MR) is 119 cm³/mol. The first-order valence-corrected chi connectivity index (χ1v) is 11.4. The van der Waals surface area contributed by atoms with Gasteiger partial charge in [-0.25, -0.2) is 0 Å². The van der Waals surface area contributed by atoms with Gasteiger partial charge < -0.3 is 15.5 Å². The fourth-order valence-corrected chi connectivity index (χ4v) is 4.52.